The molecule has 2 aromatic carbocycles. The van der Waals surface area contributed by atoms with Gasteiger partial charge in [0.05, 0.1) is 5.56 Å². The van der Waals surface area contributed by atoms with E-state index in [1.807, 2.05) is 6.92 Å². The molecule has 1 heterocycles. The van der Waals surface area contributed by atoms with Gasteiger partial charge in [-0.3, -0.25) is 0 Å². The van der Waals surface area contributed by atoms with E-state index in [4.69, 9.17) is 9.47 Å². The molecule has 0 aromatic heterocycles. The van der Waals surface area contributed by atoms with Crippen LogP contribution >= 0.6 is 0 Å². The van der Waals surface area contributed by atoms with Crippen molar-refractivity contribution in [1.82, 2.24) is 0 Å². The van der Waals surface area contributed by atoms with E-state index in [1.165, 1.54) is 0 Å². The van der Waals surface area contributed by atoms with E-state index in [2.05, 4.69) is 6.58 Å². The molecule has 4 rings (SSSR count). The number of aryl methyl sites for hydroxylation is 1. The summed E-state index contributed by atoms with van der Waals surface area (Å²) in [6, 6.07) is 2.02. The highest BCUT2D eigenvalue weighted by molar-refractivity contribution is 5.91. The average molecular weight is 406 g/mol. The third-order valence-corrected chi connectivity index (χ3v) is 5.80. The van der Waals surface area contributed by atoms with Crippen LogP contribution in [0.3, 0.4) is 0 Å². The van der Waals surface area contributed by atoms with E-state index in [1.54, 1.807) is 13.0 Å². The Labute approximate surface area is 164 Å². The first-order valence-electron chi connectivity index (χ1n) is 9.18. The zero-order valence-electron chi connectivity index (χ0n) is 15.9. The number of ether oxygens (including phenoxy) is 2. The number of carbonyl (C=O) groups is 1. The van der Waals surface area contributed by atoms with Gasteiger partial charge in [-0.1, -0.05) is 6.58 Å². The summed E-state index contributed by atoms with van der Waals surface area (Å²) in [4.78, 5) is 12.0. The Kier molecular flexibility index (Phi) is 4.63. The average Bonchev–Trinajstić information content (AvgIpc) is 2.97. The molecule has 0 bridgehead atoms. The molecule has 0 saturated carbocycles. The molecule has 1 saturated heterocycles. The Bertz CT molecular complexity index is 1060. The van der Waals surface area contributed by atoms with E-state index in [-0.39, 0.29) is 12.0 Å². The van der Waals surface area contributed by atoms with Crippen LogP contribution < -0.4 is 4.74 Å². The Morgan fingerprint density at radius 2 is 1.86 bits per heavy atom. The number of esters is 1. The van der Waals surface area contributed by atoms with Crippen LogP contribution in [0.25, 0.3) is 0 Å². The summed E-state index contributed by atoms with van der Waals surface area (Å²) in [6.07, 6.45) is 1.01. The number of fused-ring (bicyclic) bond motifs is 3. The highest BCUT2D eigenvalue weighted by Gasteiger charge is 2.44. The SMILES string of the molecule is C=C1C(=O)O[C@H]2c3c(C)c(OCc4c(F)cc(F)c(F)c4F)cc(C)c3CCC12. The molecule has 1 unspecified atom stereocenters. The first-order chi connectivity index (χ1) is 13.7. The largest absolute Gasteiger partial charge is 0.488 e. The fourth-order valence-corrected chi connectivity index (χ4v) is 4.21. The molecular weight excluding hydrogens is 388 g/mol. The number of carbonyl (C=O) groups excluding carboxylic acids is 1. The molecule has 2 aromatic rings. The van der Waals surface area contributed by atoms with Crippen LogP contribution in [-0.4, -0.2) is 5.97 Å². The summed E-state index contributed by atoms with van der Waals surface area (Å²) in [6.45, 7) is 6.84. The fraction of sp³-hybridized carbons (Fsp3) is 0.318. The van der Waals surface area contributed by atoms with Crippen molar-refractivity contribution in [3.63, 3.8) is 0 Å². The lowest BCUT2D eigenvalue weighted by atomic mass is 9.76. The minimum atomic E-state index is -1.75. The van der Waals surface area contributed by atoms with E-state index in [9.17, 15) is 22.4 Å². The van der Waals surface area contributed by atoms with Crippen LogP contribution in [0.4, 0.5) is 17.6 Å². The van der Waals surface area contributed by atoms with Gasteiger partial charge in [0.15, 0.2) is 17.5 Å². The quantitative estimate of drug-likeness (QED) is 0.232. The third-order valence-electron chi connectivity index (χ3n) is 5.80. The van der Waals surface area contributed by atoms with Gasteiger partial charge in [0, 0.05) is 23.1 Å². The number of benzene rings is 2. The van der Waals surface area contributed by atoms with Crippen LogP contribution in [-0.2, 0) is 22.6 Å². The highest BCUT2D eigenvalue weighted by Crippen LogP contribution is 2.49. The van der Waals surface area contributed by atoms with E-state index < -0.39 is 47.5 Å². The molecule has 0 N–H and O–H groups in total. The standard InChI is InChI=1S/C22H18F4O3/c1-9-6-17(28-8-14-15(23)7-16(24)20(26)19(14)25)11(3)18-12(9)4-5-13-10(2)22(27)29-21(13)18/h6-7,13,21H,2,4-5,8H2,1,3H3/t13?,21-/m1/s1. The highest BCUT2D eigenvalue weighted by atomic mass is 19.2. The topological polar surface area (TPSA) is 35.5 Å². The van der Waals surface area contributed by atoms with E-state index >= 15 is 0 Å². The third kappa shape index (κ3) is 2.99. The van der Waals surface area contributed by atoms with Crippen molar-refractivity contribution in [2.75, 3.05) is 0 Å². The zero-order valence-corrected chi connectivity index (χ0v) is 15.9. The lowest BCUT2D eigenvalue weighted by molar-refractivity contribution is -0.139. The molecule has 152 valence electrons. The van der Waals surface area contributed by atoms with Crippen molar-refractivity contribution in [2.45, 2.75) is 39.4 Å². The summed E-state index contributed by atoms with van der Waals surface area (Å²) in [5.74, 6) is -6.40. The van der Waals surface area contributed by atoms with Crippen molar-refractivity contribution >= 4 is 5.97 Å². The summed E-state index contributed by atoms with van der Waals surface area (Å²) >= 11 is 0. The minimum Gasteiger partial charge on any atom is -0.488 e. The first-order valence-corrected chi connectivity index (χ1v) is 9.18. The molecule has 0 radical (unpaired) electrons. The molecule has 7 heteroatoms. The van der Waals surface area contributed by atoms with Crippen molar-refractivity contribution in [3.05, 3.63) is 75.4 Å². The van der Waals surface area contributed by atoms with Gasteiger partial charge in [-0.2, -0.15) is 0 Å². The number of rotatable bonds is 3. The maximum absolute atomic E-state index is 13.9. The van der Waals surface area contributed by atoms with Gasteiger partial charge in [-0.15, -0.1) is 0 Å². The Hall–Kier alpha value is -2.83. The van der Waals surface area contributed by atoms with Gasteiger partial charge < -0.3 is 9.47 Å². The van der Waals surface area contributed by atoms with Crippen molar-refractivity contribution in [2.24, 2.45) is 5.92 Å². The van der Waals surface area contributed by atoms with Crippen LogP contribution in [0, 0.1) is 43.0 Å². The molecular formula is C22H18F4O3. The Morgan fingerprint density at radius 1 is 1.14 bits per heavy atom. The smallest absolute Gasteiger partial charge is 0.334 e. The second kappa shape index (κ2) is 6.90. The van der Waals surface area contributed by atoms with Crippen LogP contribution in [0.2, 0.25) is 0 Å². The molecule has 0 spiro atoms. The van der Waals surface area contributed by atoms with Gasteiger partial charge >= 0.3 is 5.97 Å². The fourth-order valence-electron chi connectivity index (χ4n) is 4.21. The molecule has 29 heavy (non-hydrogen) atoms. The molecule has 1 fully saturated rings. The van der Waals surface area contributed by atoms with Gasteiger partial charge in [0.2, 0.25) is 0 Å². The number of hydrogen-bond donors (Lipinski definition) is 0. The second-order valence-corrected chi connectivity index (χ2v) is 7.44. The predicted octanol–water partition coefficient (Wildman–Crippen LogP) is 5.16. The van der Waals surface area contributed by atoms with Crippen molar-refractivity contribution in [1.29, 1.82) is 0 Å². The summed E-state index contributed by atoms with van der Waals surface area (Å²) in [5.41, 5.74) is 3.16. The van der Waals surface area contributed by atoms with Crippen molar-refractivity contribution in [3.8, 4) is 5.75 Å². The summed E-state index contributed by atoms with van der Waals surface area (Å²) in [7, 11) is 0. The van der Waals surface area contributed by atoms with Gasteiger partial charge in [0.1, 0.15) is 24.3 Å². The van der Waals surface area contributed by atoms with Crippen LogP contribution in [0.1, 0.15) is 40.3 Å². The molecule has 0 amide bonds. The van der Waals surface area contributed by atoms with E-state index in [0.717, 1.165) is 29.5 Å². The van der Waals surface area contributed by atoms with Crippen LogP contribution in [0.5, 0.6) is 5.75 Å². The summed E-state index contributed by atoms with van der Waals surface area (Å²) in [5, 5.41) is 0. The predicted molar refractivity (Wildman–Crippen MR) is 96.3 cm³/mol. The number of halogens is 4. The maximum Gasteiger partial charge on any atom is 0.334 e. The normalized spacial score (nSPS) is 20.3. The molecule has 3 nitrogen and oxygen atoms in total. The lowest BCUT2D eigenvalue weighted by Crippen LogP contribution is -2.20. The molecule has 2 atom stereocenters. The number of hydrogen-bond acceptors (Lipinski definition) is 3. The Morgan fingerprint density at radius 3 is 2.59 bits per heavy atom. The van der Waals surface area contributed by atoms with E-state index in [0.29, 0.717) is 16.9 Å². The van der Waals surface area contributed by atoms with Gasteiger partial charge in [-0.25, -0.2) is 22.4 Å². The zero-order chi connectivity index (χ0) is 21.0. The monoisotopic (exact) mass is 406 g/mol. The van der Waals surface area contributed by atoms with Crippen LogP contribution in [0.15, 0.2) is 24.3 Å². The molecule has 1 aliphatic heterocycles. The van der Waals surface area contributed by atoms with Gasteiger partial charge in [0.25, 0.3) is 0 Å². The first kappa shape index (κ1) is 19.5. The van der Waals surface area contributed by atoms with Gasteiger partial charge in [-0.05, 0) is 49.4 Å². The molecule has 1 aliphatic carbocycles. The van der Waals surface area contributed by atoms with Crippen molar-refractivity contribution < 1.29 is 31.8 Å². The second-order valence-electron chi connectivity index (χ2n) is 7.44. The lowest BCUT2D eigenvalue weighted by Gasteiger charge is -2.30. The maximum atomic E-state index is 13.9. The summed E-state index contributed by atoms with van der Waals surface area (Å²) < 4.78 is 65.6. The Balaban J connectivity index is 1.70. The molecule has 2 aliphatic rings. The minimum absolute atomic E-state index is 0.121.